The molecule has 4 nitrogen and oxygen atoms in total. The van der Waals surface area contributed by atoms with Gasteiger partial charge in [-0.05, 0) is 12.1 Å². The predicted molar refractivity (Wildman–Crippen MR) is 48.5 cm³/mol. The molecule has 2 N–H and O–H groups in total. The van der Waals surface area contributed by atoms with Crippen LogP contribution in [-0.2, 0) is 11.1 Å². The molecule has 1 heterocycles. The molecule has 1 atom stereocenters. The van der Waals surface area contributed by atoms with Gasteiger partial charge in [0.1, 0.15) is 5.88 Å². The molecule has 0 bridgehead atoms. The highest BCUT2D eigenvalue weighted by Gasteiger charge is 1.99. The molecule has 0 aliphatic rings. The normalized spacial score (nSPS) is 12.5. The van der Waals surface area contributed by atoms with E-state index < -0.39 is 11.1 Å². The quantitative estimate of drug-likeness (QED) is 0.579. The number of pyridine rings is 1. The highest BCUT2D eigenvalue weighted by atomic mass is 35.5. The van der Waals surface area contributed by atoms with Gasteiger partial charge in [-0.1, -0.05) is 11.6 Å². The first-order chi connectivity index (χ1) is 5.70. The molecule has 12 heavy (non-hydrogen) atoms. The Morgan fingerprint density at radius 1 is 1.75 bits per heavy atom. The largest absolute Gasteiger partial charge is 0.369 e. The lowest BCUT2D eigenvalue weighted by atomic mass is 10.4. The first-order valence-electron chi connectivity index (χ1n) is 3.12. The summed E-state index contributed by atoms with van der Waals surface area (Å²) in [6.07, 6.45) is 1.55. The van der Waals surface area contributed by atoms with Gasteiger partial charge in [0.05, 0.1) is 5.69 Å². The zero-order valence-corrected chi connectivity index (χ0v) is 7.60. The molecule has 0 aliphatic heterocycles. The van der Waals surface area contributed by atoms with E-state index in [9.17, 15) is 4.21 Å². The second-order valence-corrected chi connectivity index (χ2v) is 3.27. The predicted octanol–water partition coefficient (Wildman–Crippen LogP) is 1.33. The summed E-state index contributed by atoms with van der Waals surface area (Å²) in [4.78, 5) is 3.78. The SMILES string of the molecule is O=S(O)CNc1cccnc1Cl. The fraction of sp³-hybridized carbons (Fsp3) is 0.167. The molecule has 66 valence electrons. The van der Waals surface area contributed by atoms with E-state index in [0.717, 1.165) is 0 Å². The van der Waals surface area contributed by atoms with Gasteiger partial charge in [-0.2, -0.15) is 0 Å². The Hall–Kier alpha value is -0.650. The standard InChI is InChI=1S/C6H7ClN2O2S/c7-6-5(2-1-3-8-6)9-4-12(10)11/h1-3,9H,4H2,(H,10,11). The third kappa shape index (κ3) is 2.77. The third-order valence-corrected chi connectivity index (χ3v) is 1.84. The fourth-order valence-corrected chi connectivity index (χ4v) is 1.12. The van der Waals surface area contributed by atoms with Crippen LogP contribution in [0.15, 0.2) is 18.3 Å². The van der Waals surface area contributed by atoms with Crippen molar-refractivity contribution in [1.29, 1.82) is 0 Å². The Morgan fingerprint density at radius 3 is 3.08 bits per heavy atom. The van der Waals surface area contributed by atoms with Crippen molar-refractivity contribution in [2.24, 2.45) is 0 Å². The van der Waals surface area contributed by atoms with Gasteiger partial charge in [0.25, 0.3) is 0 Å². The minimum Gasteiger partial charge on any atom is -0.369 e. The van der Waals surface area contributed by atoms with Gasteiger partial charge in [-0.25, -0.2) is 9.19 Å². The molecule has 6 heteroatoms. The molecule has 0 fully saturated rings. The monoisotopic (exact) mass is 206 g/mol. The van der Waals surface area contributed by atoms with Crippen LogP contribution in [-0.4, -0.2) is 19.6 Å². The van der Waals surface area contributed by atoms with Crippen molar-refractivity contribution in [1.82, 2.24) is 4.98 Å². The zero-order valence-electron chi connectivity index (χ0n) is 6.03. The number of halogens is 1. The zero-order chi connectivity index (χ0) is 8.97. The topological polar surface area (TPSA) is 62.2 Å². The molecule has 0 amide bonds. The van der Waals surface area contributed by atoms with Gasteiger partial charge in [-0.3, -0.25) is 0 Å². The first kappa shape index (κ1) is 9.44. The van der Waals surface area contributed by atoms with E-state index >= 15 is 0 Å². The maximum atomic E-state index is 10.3. The lowest BCUT2D eigenvalue weighted by molar-refractivity contribution is 0.566. The molecule has 1 aromatic heterocycles. The second-order valence-electron chi connectivity index (χ2n) is 1.98. The lowest BCUT2D eigenvalue weighted by Crippen LogP contribution is -2.07. The van der Waals surface area contributed by atoms with Gasteiger partial charge in [0.15, 0.2) is 16.2 Å². The maximum absolute atomic E-state index is 10.3. The minimum absolute atomic E-state index is 0.0502. The van der Waals surface area contributed by atoms with Crippen molar-refractivity contribution in [3.8, 4) is 0 Å². The van der Waals surface area contributed by atoms with Crippen LogP contribution in [0.1, 0.15) is 0 Å². The molecule has 0 saturated carbocycles. The molecular formula is C6H7ClN2O2S. The average molecular weight is 207 g/mol. The lowest BCUT2D eigenvalue weighted by Gasteiger charge is -2.03. The Balaban J connectivity index is 2.63. The average Bonchev–Trinajstić information content (AvgIpc) is 2.03. The van der Waals surface area contributed by atoms with Crippen LogP contribution < -0.4 is 5.32 Å². The van der Waals surface area contributed by atoms with Crippen molar-refractivity contribution >= 4 is 28.4 Å². The van der Waals surface area contributed by atoms with Crippen LogP contribution in [0.2, 0.25) is 5.15 Å². The van der Waals surface area contributed by atoms with Crippen LogP contribution >= 0.6 is 11.6 Å². The Bertz CT molecular complexity index is 295. The molecule has 0 aliphatic carbocycles. The fourth-order valence-electron chi connectivity index (χ4n) is 0.657. The van der Waals surface area contributed by atoms with Crippen molar-refractivity contribution < 1.29 is 8.76 Å². The molecule has 0 spiro atoms. The number of nitrogens with zero attached hydrogens (tertiary/aromatic N) is 1. The minimum atomic E-state index is -1.87. The summed E-state index contributed by atoms with van der Waals surface area (Å²) in [5.74, 6) is -0.0502. The molecule has 1 aromatic rings. The number of hydrogen-bond acceptors (Lipinski definition) is 3. The van der Waals surface area contributed by atoms with E-state index in [-0.39, 0.29) is 5.88 Å². The summed E-state index contributed by atoms with van der Waals surface area (Å²) < 4.78 is 18.7. The van der Waals surface area contributed by atoms with Crippen LogP contribution in [0.5, 0.6) is 0 Å². The van der Waals surface area contributed by atoms with E-state index in [0.29, 0.717) is 10.8 Å². The maximum Gasteiger partial charge on any atom is 0.172 e. The summed E-state index contributed by atoms with van der Waals surface area (Å²) in [6.45, 7) is 0. The van der Waals surface area contributed by atoms with Gasteiger partial charge >= 0.3 is 0 Å². The molecule has 0 radical (unpaired) electrons. The summed E-state index contributed by atoms with van der Waals surface area (Å²) in [5.41, 5.74) is 0.557. The molecule has 0 aromatic carbocycles. The van der Waals surface area contributed by atoms with Gasteiger partial charge in [0, 0.05) is 6.20 Å². The van der Waals surface area contributed by atoms with Crippen molar-refractivity contribution in [2.45, 2.75) is 0 Å². The van der Waals surface area contributed by atoms with Crippen molar-refractivity contribution in [3.05, 3.63) is 23.5 Å². The van der Waals surface area contributed by atoms with Crippen LogP contribution in [0.4, 0.5) is 5.69 Å². The number of hydrogen-bond donors (Lipinski definition) is 2. The smallest absolute Gasteiger partial charge is 0.172 e. The summed E-state index contributed by atoms with van der Waals surface area (Å²) in [7, 11) is 0. The first-order valence-corrected chi connectivity index (χ1v) is 4.77. The van der Waals surface area contributed by atoms with Crippen molar-refractivity contribution in [3.63, 3.8) is 0 Å². The van der Waals surface area contributed by atoms with E-state index in [1.807, 2.05) is 0 Å². The molecular weight excluding hydrogens is 200 g/mol. The molecule has 1 unspecified atom stereocenters. The summed E-state index contributed by atoms with van der Waals surface area (Å²) in [6, 6.07) is 3.37. The number of nitrogens with one attached hydrogen (secondary N) is 1. The summed E-state index contributed by atoms with van der Waals surface area (Å²) in [5, 5.41) is 2.96. The molecule has 0 saturated heterocycles. The van der Waals surface area contributed by atoms with E-state index in [1.54, 1.807) is 18.3 Å². The van der Waals surface area contributed by atoms with Crippen LogP contribution in [0.3, 0.4) is 0 Å². The Morgan fingerprint density at radius 2 is 2.50 bits per heavy atom. The second kappa shape index (κ2) is 4.39. The number of aromatic nitrogens is 1. The highest BCUT2D eigenvalue weighted by molar-refractivity contribution is 7.79. The summed E-state index contributed by atoms with van der Waals surface area (Å²) >= 11 is 3.78. The Labute approximate surface area is 77.2 Å². The van der Waals surface area contributed by atoms with Crippen LogP contribution in [0, 0.1) is 0 Å². The van der Waals surface area contributed by atoms with Crippen molar-refractivity contribution in [2.75, 3.05) is 11.2 Å². The van der Waals surface area contributed by atoms with E-state index in [1.165, 1.54) is 0 Å². The highest BCUT2D eigenvalue weighted by Crippen LogP contribution is 2.16. The molecule has 1 rings (SSSR count). The van der Waals surface area contributed by atoms with E-state index in [4.69, 9.17) is 16.2 Å². The third-order valence-electron chi connectivity index (χ3n) is 1.15. The Kier molecular flexibility index (Phi) is 3.46. The number of anilines is 1. The van der Waals surface area contributed by atoms with E-state index in [2.05, 4.69) is 10.3 Å². The van der Waals surface area contributed by atoms with Gasteiger partial charge in [-0.15, -0.1) is 0 Å². The van der Waals surface area contributed by atoms with Gasteiger partial charge < -0.3 is 9.87 Å². The van der Waals surface area contributed by atoms with Crippen LogP contribution in [0.25, 0.3) is 0 Å². The van der Waals surface area contributed by atoms with Gasteiger partial charge in [0.2, 0.25) is 0 Å². The number of rotatable bonds is 3.